The molecule has 2 heterocycles. The summed E-state index contributed by atoms with van der Waals surface area (Å²) >= 11 is 0. The van der Waals surface area contributed by atoms with Gasteiger partial charge in [-0.2, -0.15) is 4.98 Å². The smallest absolute Gasteiger partial charge is 0.227 e. The lowest BCUT2D eigenvalue weighted by atomic mass is 10.4. The van der Waals surface area contributed by atoms with E-state index < -0.39 is 0 Å². The number of anilines is 2. The second-order valence-electron chi connectivity index (χ2n) is 3.18. The number of nitrogens with zero attached hydrogens (tertiary/aromatic N) is 3. The van der Waals surface area contributed by atoms with E-state index >= 15 is 0 Å². The molecule has 6 nitrogen and oxygen atoms in total. The van der Waals surface area contributed by atoms with Gasteiger partial charge in [0.2, 0.25) is 5.95 Å². The van der Waals surface area contributed by atoms with Gasteiger partial charge in [-0.15, -0.1) is 0 Å². The van der Waals surface area contributed by atoms with Gasteiger partial charge in [-0.05, 0) is 0 Å². The van der Waals surface area contributed by atoms with Gasteiger partial charge in [-0.1, -0.05) is 0 Å². The molecule has 14 heavy (non-hydrogen) atoms. The van der Waals surface area contributed by atoms with Crippen molar-refractivity contribution in [3.8, 4) is 5.75 Å². The van der Waals surface area contributed by atoms with Crippen LogP contribution in [0.25, 0.3) is 0 Å². The van der Waals surface area contributed by atoms with Crippen molar-refractivity contribution < 1.29 is 5.11 Å². The van der Waals surface area contributed by atoms with Crippen LogP contribution in [0.5, 0.6) is 5.75 Å². The molecule has 1 aromatic rings. The summed E-state index contributed by atoms with van der Waals surface area (Å²) in [5.74, 6) is 0.652. The maximum Gasteiger partial charge on any atom is 0.227 e. The third kappa shape index (κ3) is 1.69. The van der Waals surface area contributed by atoms with Crippen molar-refractivity contribution in [2.24, 2.45) is 0 Å². The number of hydrogen-bond donors (Lipinski definition) is 3. The van der Waals surface area contributed by atoms with Crippen LogP contribution in [-0.2, 0) is 0 Å². The van der Waals surface area contributed by atoms with Crippen molar-refractivity contribution in [2.45, 2.75) is 0 Å². The van der Waals surface area contributed by atoms with E-state index in [1.165, 1.54) is 6.20 Å². The van der Waals surface area contributed by atoms with E-state index in [1.807, 2.05) is 4.90 Å². The largest absolute Gasteiger partial charge is 0.503 e. The lowest BCUT2D eigenvalue weighted by molar-refractivity contribution is 0.472. The Hall–Kier alpha value is -1.56. The number of nitrogens with one attached hydrogen (secondary N) is 1. The first-order valence-electron chi connectivity index (χ1n) is 4.54. The van der Waals surface area contributed by atoms with Crippen LogP contribution in [0, 0.1) is 0 Å². The maximum absolute atomic E-state index is 9.16. The average molecular weight is 195 g/mol. The third-order valence-corrected chi connectivity index (χ3v) is 2.19. The topological polar surface area (TPSA) is 87.3 Å². The molecule has 1 aliphatic heterocycles. The molecule has 0 atom stereocenters. The van der Waals surface area contributed by atoms with Crippen molar-refractivity contribution in [2.75, 3.05) is 36.8 Å². The molecule has 1 aliphatic rings. The highest BCUT2D eigenvalue weighted by Crippen LogP contribution is 2.18. The van der Waals surface area contributed by atoms with E-state index in [1.54, 1.807) is 0 Å². The first-order valence-corrected chi connectivity index (χ1v) is 4.54. The zero-order valence-electron chi connectivity index (χ0n) is 7.77. The molecule has 1 fully saturated rings. The van der Waals surface area contributed by atoms with E-state index in [0.717, 1.165) is 26.2 Å². The lowest BCUT2D eigenvalue weighted by Gasteiger charge is -2.27. The molecule has 2 rings (SSSR count). The van der Waals surface area contributed by atoms with E-state index in [4.69, 9.17) is 10.8 Å². The van der Waals surface area contributed by atoms with Gasteiger partial charge >= 0.3 is 0 Å². The number of nitrogen functional groups attached to an aromatic ring is 1. The van der Waals surface area contributed by atoms with Crippen LogP contribution in [0.1, 0.15) is 0 Å². The fourth-order valence-corrected chi connectivity index (χ4v) is 1.40. The quantitative estimate of drug-likeness (QED) is 0.542. The summed E-state index contributed by atoms with van der Waals surface area (Å²) in [6.07, 6.45) is 1.33. The van der Waals surface area contributed by atoms with Gasteiger partial charge in [-0.3, -0.25) is 0 Å². The zero-order valence-corrected chi connectivity index (χ0v) is 7.77. The molecule has 0 bridgehead atoms. The molecule has 0 amide bonds. The Morgan fingerprint density at radius 2 is 2.14 bits per heavy atom. The number of aromatic hydroxyl groups is 1. The molecular formula is C8H13N5O. The molecule has 6 heteroatoms. The van der Waals surface area contributed by atoms with Crippen LogP contribution in [0.4, 0.5) is 11.8 Å². The van der Waals surface area contributed by atoms with Crippen molar-refractivity contribution in [1.82, 2.24) is 15.3 Å². The van der Waals surface area contributed by atoms with Gasteiger partial charge in [-0.25, -0.2) is 4.98 Å². The minimum atomic E-state index is -0.0658. The summed E-state index contributed by atoms with van der Waals surface area (Å²) in [4.78, 5) is 10.1. The highest BCUT2D eigenvalue weighted by atomic mass is 16.3. The highest BCUT2D eigenvalue weighted by Gasteiger charge is 2.13. The molecule has 1 saturated heterocycles. The summed E-state index contributed by atoms with van der Waals surface area (Å²) in [6.45, 7) is 3.57. The Kier molecular flexibility index (Phi) is 2.36. The van der Waals surface area contributed by atoms with Gasteiger partial charge in [0.15, 0.2) is 11.6 Å². The molecule has 76 valence electrons. The molecule has 0 unspecified atom stereocenters. The van der Waals surface area contributed by atoms with Gasteiger partial charge < -0.3 is 21.1 Å². The second kappa shape index (κ2) is 3.67. The molecule has 0 saturated carbocycles. The summed E-state index contributed by atoms with van der Waals surface area (Å²) in [5.41, 5.74) is 5.48. The minimum Gasteiger partial charge on any atom is -0.503 e. The summed E-state index contributed by atoms with van der Waals surface area (Å²) in [6, 6.07) is 0. The fourth-order valence-electron chi connectivity index (χ4n) is 1.40. The standard InChI is InChI=1S/C8H13N5O/c9-7-6(14)5-11-8(12-7)13-3-1-10-2-4-13/h5,10,14H,1-4H2,(H2,9,11,12). The zero-order chi connectivity index (χ0) is 9.97. The van der Waals surface area contributed by atoms with Gasteiger partial charge in [0, 0.05) is 26.2 Å². The predicted octanol–water partition coefficient (Wildman–Crippen LogP) is -0.826. The maximum atomic E-state index is 9.16. The van der Waals surface area contributed by atoms with Crippen molar-refractivity contribution in [3.63, 3.8) is 0 Å². The van der Waals surface area contributed by atoms with Crippen LogP contribution < -0.4 is 16.0 Å². The summed E-state index contributed by atoms with van der Waals surface area (Å²) < 4.78 is 0. The normalized spacial score (nSPS) is 17.0. The van der Waals surface area contributed by atoms with Crippen LogP contribution >= 0.6 is 0 Å². The lowest BCUT2D eigenvalue weighted by Crippen LogP contribution is -2.44. The number of piperazine rings is 1. The van der Waals surface area contributed by atoms with E-state index in [-0.39, 0.29) is 11.6 Å². The monoisotopic (exact) mass is 195 g/mol. The van der Waals surface area contributed by atoms with Crippen molar-refractivity contribution in [1.29, 1.82) is 0 Å². The van der Waals surface area contributed by atoms with Crippen LogP contribution in [0.2, 0.25) is 0 Å². The Balaban J connectivity index is 2.18. The Labute approximate surface area is 81.8 Å². The van der Waals surface area contributed by atoms with E-state index in [2.05, 4.69) is 15.3 Å². The second-order valence-corrected chi connectivity index (χ2v) is 3.18. The van der Waals surface area contributed by atoms with Crippen LogP contribution in [0.3, 0.4) is 0 Å². The first-order chi connectivity index (χ1) is 6.77. The summed E-state index contributed by atoms with van der Waals surface area (Å²) in [7, 11) is 0. The molecule has 0 aromatic carbocycles. The molecule has 0 spiro atoms. The highest BCUT2D eigenvalue weighted by molar-refractivity contribution is 5.47. The van der Waals surface area contributed by atoms with Gasteiger partial charge in [0.1, 0.15) is 0 Å². The predicted molar refractivity (Wildman–Crippen MR) is 53.2 cm³/mol. The number of rotatable bonds is 1. The molecular weight excluding hydrogens is 182 g/mol. The Morgan fingerprint density at radius 3 is 2.79 bits per heavy atom. The number of hydrogen-bond acceptors (Lipinski definition) is 6. The number of aromatic nitrogens is 2. The molecule has 4 N–H and O–H groups in total. The molecule has 0 radical (unpaired) electrons. The Bertz CT molecular complexity index is 324. The van der Waals surface area contributed by atoms with Crippen LogP contribution in [0.15, 0.2) is 6.20 Å². The Morgan fingerprint density at radius 1 is 1.43 bits per heavy atom. The first kappa shape index (κ1) is 9.01. The van der Waals surface area contributed by atoms with Gasteiger partial charge in [0.25, 0.3) is 0 Å². The van der Waals surface area contributed by atoms with Crippen molar-refractivity contribution in [3.05, 3.63) is 6.20 Å². The SMILES string of the molecule is Nc1nc(N2CCNCC2)ncc1O. The molecule has 1 aromatic heterocycles. The third-order valence-electron chi connectivity index (χ3n) is 2.19. The average Bonchev–Trinajstić information content (AvgIpc) is 2.23. The minimum absolute atomic E-state index is 0.0658. The van der Waals surface area contributed by atoms with E-state index in [0.29, 0.717) is 5.95 Å². The van der Waals surface area contributed by atoms with Gasteiger partial charge in [0.05, 0.1) is 6.20 Å². The van der Waals surface area contributed by atoms with E-state index in [9.17, 15) is 0 Å². The number of nitrogens with two attached hydrogens (primary N) is 1. The fraction of sp³-hybridized carbons (Fsp3) is 0.500. The van der Waals surface area contributed by atoms with Crippen LogP contribution in [-0.4, -0.2) is 41.3 Å². The summed E-state index contributed by atoms with van der Waals surface area (Å²) in [5, 5.41) is 12.4. The van der Waals surface area contributed by atoms with Crippen molar-refractivity contribution >= 4 is 11.8 Å². The molecule has 0 aliphatic carbocycles.